The van der Waals surface area contributed by atoms with E-state index in [2.05, 4.69) is 6.92 Å². The summed E-state index contributed by atoms with van der Waals surface area (Å²) >= 11 is 12.1. The molecule has 0 radical (unpaired) electrons. The highest BCUT2D eigenvalue weighted by atomic mass is 35.5. The number of carboxylic acids is 1. The van der Waals surface area contributed by atoms with Crippen LogP contribution in [-0.4, -0.2) is 11.1 Å². The molecule has 0 saturated carbocycles. The number of aliphatic carboxylic acids is 1. The molecule has 1 unspecified atom stereocenters. The van der Waals surface area contributed by atoms with Crippen LogP contribution in [0.5, 0.6) is 0 Å². The number of hydrogen-bond acceptors (Lipinski definition) is 1. The average molecular weight is 323 g/mol. The molecule has 1 N–H and O–H groups in total. The third-order valence-corrected chi connectivity index (χ3v) is 4.40. The molecule has 0 heterocycles. The second-order valence-electron chi connectivity index (χ2n) is 4.90. The summed E-state index contributed by atoms with van der Waals surface area (Å²) in [5.74, 6) is -1.50. The van der Waals surface area contributed by atoms with Gasteiger partial charge in [-0.05, 0) is 35.6 Å². The monoisotopic (exact) mass is 322 g/mol. The number of carbonyl (C=O) groups is 1. The second-order valence-corrected chi connectivity index (χ2v) is 5.69. The molecule has 2 rings (SSSR count). The molecule has 0 saturated heterocycles. The number of carboxylic acid groups (broad SMARTS) is 1. The van der Waals surface area contributed by atoms with Gasteiger partial charge in [0.05, 0.1) is 16.0 Å². The zero-order chi connectivity index (χ0) is 15.4. The van der Waals surface area contributed by atoms with Crippen LogP contribution in [0.15, 0.2) is 42.5 Å². The number of halogens is 2. The van der Waals surface area contributed by atoms with Crippen molar-refractivity contribution in [2.75, 3.05) is 0 Å². The normalized spacial score (nSPS) is 12.1. The number of rotatable bonds is 5. The molecule has 1 atom stereocenters. The van der Waals surface area contributed by atoms with Crippen LogP contribution in [0, 0.1) is 0 Å². The van der Waals surface area contributed by atoms with Crippen LogP contribution < -0.4 is 0 Å². The molecule has 0 amide bonds. The highest BCUT2D eigenvalue weighted by Gasteiger charge is 2.21. The zero-order valence-corrected chi connectivity index (χ0v) is 13.2. The van der Waals surface area contributed by atoms with Crippen molar-refractivity contribution in [3.05, 3.63) is 69.2 Å². The molecule has 0 spiro atoms. The summed E-state index contributed by atoms with van der Waals surface area (Å²) in [6.07, 6.45) is 1.25. The summed E-state index contributed by atoms with van der Waals surface area (Å²) in [6, 6.07) is 13.0. The molecule has 0 bridgehead atoms. The third-order valence-electron chi connectivity index (χ3n) is 3.54. The molecular formula is C17H16Cl2O2. The number of hydrogen-bond donors (Lipinski definition) is 1. The molecule has 2 aromatic carbocycles. The lowest BCUT2D eigenvalue weighted by atomic mass is 9.91. The molecule has 2 aromatic rings. The van der Waals surface area contributed by atoms with E-state index in [1.54, 1.807) is 12.1 Å². The molecule has 0 aliphatic rings. The van der Waals surface area contributed by atoms with Crippen LogP contribution in [-0.2, 0) is 17.6 Å². The van der Waals surface area contributed by atoms with Crippen molar-refractivity contribution in [1.29, 1.82) is 0 Å². The van der Waals surface area contributed by atoms with Gasteiger partial charge in [-0.2, -0.15) is 0 Å². The van der Waals surface area contributed by atoms with Crippen molar-refractivity contribution in [1.82, 2.24) is 0 Å². The first kappa shape index (κ1) is 15.9. The van der Waals surface area contributed by atoms with Crippen LogP contribution in [0.3, 0.4) is 0 Å². The Balaban J connectivity index is 2.31. The van der Waals surface area contributed by atoms with E-state index in [-0.39, 0.29) is 0 Å². The van der Waals surface area contributed by atoms with E-state index in [9.17, 15) is 9.90 Å². The standard InChI is InChI=1S/C17H16Cl2O2/c1-2-11-6-8-12(9-7-11)14(17(20)21)10-13-4-3-5-15(18)16(13)19/h3-9,14H,2,10H2,1H3,(H,20,21). The first-order valence-corrected chi connectivity index (χ1v) is 7.53. The van der Waals surface area contributed by atoms with Gasteiger partial charge in [0.2, 0.25) is 0 Å². The maximum Gasteiger partial charge on any atom is 0.311 e. The minimum atomic E-state index is -0.865. The maximum absolute atomic E-state index is 11.6. The zero-order valence-electron chi connectivity index (χ0n) is 11.6. The topological polar surface area (TPSA) is 37.3 Å². The third kappa shape index (κ3) is 3.78. The Morgan fingerprint density at radius 2 is 1.81 bits per heavy atom. The summed E-state index contributed by atoms with van der Waals surface area (Å²) in [5.41, 5.74) is 2.70. The van der Waals surface area contributed by atoms with Gasteiger partial charge in [0.15, 0.2) is 0 Å². The molecule has 21 heavy (non-hydrogen) atoms. The molecule has 0 fully saturated rings. The van der Waals surface area contributed by atoms with Gasteiger partial charge in [0.1, 0.15) is 0 Å². The summed E-state index contributed by atoms with van der Waals surface area (Å²) in [6.45, 7) is 2.06. The first-order chi connectivity index (χ1) is 10.0. The summed E-state index contributed by atoms with van der Waals surface area (Å²) in [7, 11) is 0. The Morgan fingerprint density at radius 1 is 1.14 bits per heavy atom. The van der Waals surface area contributed by atoms with Gasteiger partial charge in [-0.25, -0.2) is 0 Å². The van der Waals surface area contributed by atoms with E-state index in [0.29, 0.717) is 16.5 Å². The lowest BCUT2D eigenvalue weighted by Crippen LogP contribution is -2.14. The molecule has 2 nitrogen and oxygen atoms in total. The van der Waals surface area contributed by atoms with Crippen LogP contribution in [0.2, 0.25) is 10.0 Å². The summed E-state index contributed by atoms with van der Waals surface area (Å²) < 4.78 is 0. The highest BCUT2D eigenvalue weighted by Crippen LogP contribution is 2.30. The molecular weight excluding hydrogens is 307 g/mol. The van der Waals surface area contributed by atoms with Gasteiger partial charge in [0.25, 0.3) is 0 Å². The molecule has 0 aliphatic heterocycles. The number of benzene rings is 2. The van der Waals surface area contributed by atoms with Crippen molar-refractivity contribution in [2.45, 2.75) is 25.7 Å². The van der Waals surface area contributed by atoms with Crippen molar-refractivity contribution in [3.8, 4) is 0 Å². The minimum absolute atomic E-state index is 0.320. The van der Waals surface area contributed by atoms with E-state index in [0.717, 1.165) is 17.5 Å². The van der Waals surface area contributed by atoms with Gasteiger partial charge in [-0.3, -0.25) is 4.79 Å². The van der Waals surface area contributed by atoms with E-state index in [1.807, 2.05) is 30.3 Å². The van der Waals surface area contributed by atoms with E-state index in [4.69, 9.17) is 23.2 Å². The Hall–Kier alpha value is -1.51. The van der Waals surface area contributed by atoms with Gasteiger partial charge in [0, 0.05) is 0 Å². The second kappa shape index (κ2) is 6.97. The Labute approximate surface area is 134 Å². The SMILES string of the molecule is CCc1ccc(C(Cc2cccc(Cl)c2Cl)C(=O)O)cc1. The lowest BCUT2D eigenvalue weighted by Gasteiger charge is -2.15. The number of aryl methyl sites for hydroxylation is 1. The lowest BCUT2D eigenvalue weighted by molar-refractivity contribution is -0.138. The van der Waals surface area contributed by atoms with Crippen LogP contribution in [0.1, 0.15) is 29.5 Å². The van der Waals surface area contributed by atoms with Crippen molar-refractivity contribution >= 4 is 29.2 Å². The van der Waals surface area contributed by atoms with Gasteiger partial charge >= 0.3 is 5.97 Å². The molecule has 0 aromatic heterocycles. The summed E-state index contributed by atoms with van der Waals surface area (Å²) in [4.78, 5) is 11.6. The van der Waals surface area contributed by atoms with E-state index in [1.165, 1.54) is 5.56 Å². The first-order valence-electron chi connectivity index (χ1n) is 6.77. The van der Waals surface area contributed by atoms with Crippen LogP contribution in [0.4, 0.5) is 0 Å². The predicted molar refractivity (Wildman–Crippen MR) is 86.4 cm³/mol. The van der Waals surface area contributed by atoms with Gasteiger partial charge in [-0.15, -0.1) is 0 Å². The van der Waals surface area contributed by atoms with Crippen LogP contribution >= 0.6 is 23.2 Å². The Bertz CT molecular complexity index is 636. The molecule has 0 aliphatic carbocycles. The van der Waals surface area contributed by atoms with E-state index >= 15 is 0 Å². The van der Waals surface area contributed by atoms with E-state index < -0.39 is 11.9 Å². The maximum atomic E-state index is 11.6. The molecule has 4 heteroatoms. The fraction of sp³-hybridized carbons (Fsp3) is 0.235. The average Bonchev–Trinajstić information content (AvgIpc) is 2.48. The Kier molecular flexibility index (Phi) is 5.27. The largest absolute Gasteiger partial charge is 0.481 e. The van der Waals surface area contributed by atoms with Crippen molar-refractivity contribution < 1.29 is 9.90 Å². The Morgan fingerprint density at radius 3 is 2.38 bits per heavy atom. The quantitative estimate of drug-likeness (QED) is 0.844. The van der Waals surface area contributed by atoms with Crippen molar-refractivity contribution in [2.24, 2.45) is 0 Å². The van der Waals surface area contributed by atoms with Gasteiger partial charge < -0.3 is 5.11 Å². The van der Waals surface area contributed by atoms with Crippen LogP contribution in [0.25, 0.3) is 0 Å². The fourth-order valence-electron chi connectivity index (χ4n) is 2.26. The molecule has 110 valence electrons. The summed E-state index contributed by atoms with van der Waals surface area (Å²) in [5, 5.41) is 10.4. The van der Waals surface area contributed by atoms with Gasteiger partial charge in [-0.1, -0.05) is 66.5 Å². The highest BCUT2D eigenvalue weighted by molar-refractivity contribution is 6.42. The predicted octanol–water partition coefficient (Wildman–Crippen LogP) is 4.97. The minimum Gasteiger partial charge on any atom is -0.481 e. The fourth-order valence-corrected chi connectivity index (χ4v) is 2.66. The van der Waals surface area contributed by atoms with Crippen molar-refractivity contribution in [3.63, 3.8) is 0 Å². The smallest absolute Gasteiger partial charge is 0.311 e.